The summed E-state index contributed by atoms with van der Waals surface area (Å²) >= 11 is 0. The Labute approximate surface area is 227 Å². The Hall–Kier alpha value is -4.64. The van der Waals surface area contributed by atoms with Crippen molar-refractivity contribution in [3.05, 3.63) is 78.0 Å². The fraction of sp³-hybridized carbons (Fsp3) is 0.286. The molecular weight excluding hydrogens is 494 g/mol. The molecule has 0 saturated heterocycles. The maximum atomic E-state index is 13.0. The lowest BCUT2D eigenvalue weighted by molar-refractivity contribution is -0.116. The molecule has 0 saturated carbocycles. The molecule has 39 heavy (non-hydrogen) atoms. The van der Waals surface area contributed by atoms with Crippen LogP contribution in [0.2, 0.25) is 0 Å². The number of nitrogens with zero attached hydrogens (tertiary/aromatic N) is 6. The summed E-state index contributed by atoms with van der Waals surface area (Å²) in [5.41, 5.74) is 3.62. The topological polar surface area (TPSA) is 130 Å². The second kappa shape index (κ2) is 11.4. The van der Waals surface area contributed by atoms with Gasteiger partial charge in [-0.25, -0.2) is 9.97 Å². The molecule has 0 aliphatic heterocycles. The number of aryl methyl sites for hydroxylation is 1. The molecule has 3 N–H and O–H groups in total. The summed E-state index contributed by atoms with van der Waals surface area (Å²) in [6.07, 6.45) is 4.68. The van der Waals surface area contributed by atoms with Crippen LogP contribution in [0.15, 0.2) is 61.2 Å². The second-order valence-electron chi connectivity index (χ2n) is 10.5. The van der Waals surface area contributed by atoms with Gasteiger partial charge in [0, 0.05) is 46.4 Å². The van der Waals surface area contributed by atoms with E-state index in [0.29, 0.717) is 28.7 Å². The van der Waals surface area contributed by atoms with Crippen molar-refractivity contribution < 1.29 is 9.59 Å². The Balaban J connectivity index is 1.52. The highest BCUT2D eigenvalue weighted by molar-refractivity contribution is 6.04. The number of carbonyl (C=O) groups is 2. The number of anilines is 4. The van der Waals surface area contributed by atoms with E-state index < -0.39 is 0 Å². The molecule has 0 atom stereocenters. The summed E-state index contributed by atoms with van der Waals surface area (Å²) in [6.45, 7) is 8.38. The lowest BCUT2D eigenvalue weighted by Crippen LogP contribution is -2.27. The SMILES string of the molecule is Cc1ccc(NC(=O)c2ccnc(C(C)(C)C)c2)cc1Nc1ccnn1-c1cc(NC(=O)CN(C)C)ncn1. The predicted molar refractivity (Wildman–Crippen MR) is 152 cm³/mol. The molecule has 0 bridgehead atoms. The molecule has 0 radical (unpaired) electrons. The standard InChI is InChI=1S/C28H33N9O2/c1-18-7-8-20(33-27(39)19-9-11-29-22(13-19)28(2,3)4)14-21(18)34-24-10-12-32-37(24)25-15-23(30-17-31-25)35-26(38)16-36(5)6/h7-15,17,34H,16H2,1-6H3,(H,33,39)(H,30,31,35,38). The number of amides is 2. The largest absolute Gasteiger partial charge is 0.340 e. The molecule has 2 amide bonds. The number of pyridine rings is 1. The van der Waals surface area contributed by atoms with Gasteiger partial charge in [0.15, 0.2) is 5.82 Å². The van der Waals surface area contributed by atoms with Gasteiger partial charge < -0.3 is 20.9 Å². The van der Waals surface area contributed by atoms with Crippen LogP contribution in [-0.2, 0) is 10.2 Å². The normalized spacial score (nSPS) is 11.4. The molecule has 11 heteroatoms. The maximum Gasteiger partial charge on any atom is 0.255 e. The van der Waals surface area contributed by atoms with Crippen molar-refractivity contribution >= 4 is 34.8 Å². The fourth-order valence-corrected chi connectivity index (χ4v) is 3.74. The van der Waals surface area contributed by atoms with Crippen molar-refractivity contribution in [1.29, 1.82) is 0 Å². The Morgan fingerprint density at radius 2 is 1.74 bits per heavy atom. The monoisotopic (exact) mass is 527 g/mol. The van der Waals surface area contributed by atoms with E-state index in [1.165, 1.54) is 6.33 Å². The van der Waals surface area contributed by atoms with Gasteiger partial charge in [0.05, 0.1) is 12.7 Å². The number of nitrogens with one attached hydrogen (secondary N) is 3. The molecule has 0 spiro atoms. The van der Waals surface area contributed by atoms with Crippen molar-refractivity contribution in [3.63, 3.8) is 0 Å². The molecule has 4 rings (SSSR count). The van der Waals surface area contributed by atoms with Gasteiger partial charge in [-0.05, 0) is 50.8 Å². The molecule has 0 aliphatic rings. The van der Waals surface area contributed by atoms with Crippen LogP contribution < -0.4 is 16.0 Å². The Kier molecular flexibility index (Phi) is 8.01. The third-order valence-corrected chi connectivity index (χ3v) is 5.79. The summed E-state index contributed by atoms with van der Waals surface area (Å²) in [5, 5.41) is 13.5. The molecule has 3 heterocycles. The van der Waals surface area contributed by atoms with E-state index >= 15 is 0 Å². The molecule has 0 aliphatic carbocycles. The highest BCUT2D eigenvalue weighted by atomic mass is 16.2. The zero-order valence-electron chi connectivity index (χ0n) is 23.0. The summed E-state index contributed by atoms with van der Waals surface area (Å²) in [6, 6.07) is 12.6. The number of rotatable bonds is 8. The fourth-order valence-electron chi connectivity index (χ4n) is 3.74. The predicted octanol–water partition coefficient (Wildman–Crippen LogP) is 4.16. The first-order valence-electron chi connectivity index (χ1n) is 12.5. The number of hydrogen-bond acceptors (Lipinski definition) is 8. The average Bonchev–Trinajstić information content (AvgIpc) is 3.33. The van der Waals surface area contributed by atoms with E-state index in [0.717, 1.165) is 16.9 Å². The van der Waals surface area contributed by atoms with Crippen LogP contribution in [0.1, 0.15) is 42.4 Å². The van der Waals surface area contributed by atoms with Crippen LogP contribution >= 0.6 is 0 Å². The highest BCUT2D eigenvalue weighted by Crippen LogP contribution is 2.26. The molecular formula is C28H33N9O2. The van der Waals surface area contributed by atoms with E-state index in [9.17, 15) is 9.59 Å². The minimum absolute atomic E-state index is 0.164. The third kappa shape index (κ3) is 7.02. The smallest absolute Gasteiger partial charge is 0.255 e. The minimum atomic E-state index is -0.215. The second-order valence-corrected chi connectivity index (χ2v) is 10.5. The quantitative estimate of drug-likeness (QED) is 0.311. The number of hydrogen-bond donors (Lipinski definition) is 3. The van der Waals surface area contributed by atoms with Gasteiger partial charge in [0.25, 0.3) is 5.91 Å². The summed E-state index contributed by atoms with van der Waals surface area (Å²) in [7, 11) is 3.63. The summed E-state index contributed by atoms with van der Waals surface area (Å²) in [4.78, 5) is 39.8. The number of likely N-dealkylation sites (N-methyl/N-ethyl adjacent to an activating group) is 1. The van der Waals surface area contributed by atoms with Crippen LogP contribution in [0.4, 0.5) is 23.0 Å². The zero-order chi connectivity index (χ0) is 28.2. The van der Waals surface area contributed by atoms with Gasteiger partial charge in [-0.15, -0.1) is 0 Å². The number of benzene rings is 1. The van der Waals surface area contributed by atoms with Crippen molar-refractivity contribution in [2.75, 3.05) is 36.6 Å². The van der Waals surface area contributed by atoms with E-state index in [1.807, 2.05) is 51.4 Å². The average molecular weight is 528 g/mol. The van der Waals surface area contributed by atoms with Crippen molar-refractivity contribution in [1.82, 2.24) is 29.6 Å². The maximum absolute atomic E-state index is 13.0. The van der Waals surface area contributed by atoms with Crippen molar-refractivity contribution in [2.24, 2.45) is 0 Å². The van der Waals surface area contributed by atoms with Crippen LogP contribution in [0.3, 0.4) is 0 Å². The van der Waals surface area contributed by atoms with Crippen LogP contribution in [-0.4, -0.2) is 62.1 Å². The molecule has 202 valence electrons. The first-order chi connectivity index (χ1) is 18.5. The van der Waals surface area contributed by atoms with E-state index in [1.54, 1.807) is 34.1 Å². The molecule has 3 aromatic heterocycles. The van der Waals surface area contributed by atoms with E-state index in [4.69, 9.17) is 0 Å². The first kappa shape index (κ1) is 27.4. The highest BCUT2D eigenvalue weighted by Gasteiger charge is 2.18. The number of carbonyl (C=O) groups excluding carboxylic acids is 2. The van der Waals surface area contributed by atoms with Gasteiger partial charge in [-0.3, -0.25) is 14.6 Å². The van der Waals surface area contributed by atoms with Gasteiger partial charge in [0.1, 0.15) is 18.0 Å². The van der Waals surface area contributed by atoms with E-state index in [2.05, 4.69) is 56.8 Å². The van der Waals surface area contributed by atoms with Crippen molar-refractivity contribution in [2.45, 2.75) is 33.1 Å². The van der Waals surface area contributed by atoms with Gasteiger partial charge in [-0.1, -0.05) is 26.8 Å². The first-order valence-corrected chi connectivity index (χ1v) is 12.5. The molecule has 0 unspecified atom stereocenters. The lowest BCUT2D eigenvalue weighted by atomic mass is 9.91. The number of aromatic nitrogens is 5. The van der Waals surface area contributed by atoms with Crippen molar-refractivity contribution in [3.8, 4) is 5.82 Å². The Morgan fingerprint density at radius 3 is 2.49 bits per heavy atom. The van der Waals surface area contributed by atoms with Gasteiger partial charge >= 0.3 is 0 Å². The zero-order valence-corrected chi connectivity index (χ0v) is 23.0. The lowest BCUT2D eigenvalue weighted by Gasteiger charge is -2.18. The molecule has 1 aromatic carbocycles. The summed E-state index contributed by atoms with van der Waals surface area (Å²) < 4.78 is 1.61. The van der Waals surface area contributed by atoms with Gasteiger partial charge in [-0.2, -0.15) is 9.78 Å². The molecule has 11 nitrogen and oxygen atoms in total. The Morgan fingerprint density at radius 1 is 0.949 bits per heavy atom. The van der Waals surface area contributed by atoms with Crippen LogP contribution in [0, 0.1) is 6.92 Å². The molecule has 0 fully saturated rings. The minimum Gasteiger partial charge on any atom is -0.340 e. The Bertz CT molecular complexity index is 1490. The molecule has 4 aromatic rings. The van der Waals surface area contributed by atoms with Gasteiger partial charge in [0.2, 0.25) is 5.91 Å². The summed E-state index contributed by atoms with van der Waals surface area (Å²) in [5.74, 6) is 1.11. The van der Waals surface area contributed by atoms with Crippen LogP contribution in [0.25, 0.3) is 5.82 Å². The third-order valence-electron chi connectivity index (χ3n) is 5.79. The van der Waals surface area contributed by atoms with Crippen LogP contribution in [0.5, 0.6) is 0 Å². The van der Waals surface area contributed by atoms with E-state index in [-0.39, 0.29) is 23.8 Å².